The molecule has 2 aromatic rings. The molecular weight excluding hydrogens is 299 g/mol. The van der Waals surface area contributed by atoms with Gasteiger partial charge >= 0.3 is 0 Å². The quantitative estimate of drug-likeness (QED) is 0.922. The molecule has 0 saturated heterocycles. The van der Waals surface area contributed by atoms with E-state index in [0.717, 1.165) is 5.56 Å². The minimum Gasteiger partial charge on any atom is -0.493 e. The van der Waals surface area contributed by atoms with Gasteiger partial charge < -0.3 is 14.8 Å². The summed E-state index contributed by atoms with van der Waals surface area (Å²) in [6, 6.07) is 7.15. The van der Waals surface area contributed by atoms with Gasteiger partial charge in [-0.05, 0) is 24.3 Å². The molecule has 0 atom stereocenters. The summed E-state index contributed by atoms with van der Waals surface area (Å²) in [6.07, 6.45) is 0. The Morgan fingerprint density at radius 1 is 1.00 bits per heavy atom. The summed E-state index contributed by atoms with van der Waals surface area (Å²) in [7, 11) is 4.92. The van der Waals surface area contributed by atoms with E-state index in [4.69, 9.17) is 32.7 Å². The number of rotatable bonds is 4. The van der Waals surface area contributed by atoms with Crippen molar-refractivity contribution in [3.8, 4) is 22.8 Å². The molecule has 0 bridgehead atoms. The molecular formula is C14H14Cl2N2O2. The van der Waals surface area contributed by atoms with Gasteiger partial charge in [0.25, 0.3) is 0 Å². The third kappa shape index (κ3) is 2.76. The zero-order valence-corrected chi connectivity index (χ0v) is 12.8. The Hall–Kier alpha value is -1.65. The van der Waals surface area contributed by atoms with E-state index >= 15 is 0 Å². The summed E-state index contributed by atoms with van der Waals surface area (Å²) in [4.78, 5) is 4.42. The monoisotopic (exact) mass is 312 g/mol. The van der Waals surface area contributed by atoms with Crippen LogP contribution in [-0.2, 0) is 0 Å². The summed E-state index contributed by atoms with van der Waals surface area (Å²) in [5, 5.41) is 3.87. The lowest BCUT2D eigenvalue weighted by Crippen LogP contribution is -1.97. The van der Waals surface area contributed by atoms with Crippen molar-refractivity contribution in [2.24, 2.45) is 0 Å². The van der Waals surface area contributed by atoms with Gasteiger partial charge in [-0.1, -0.05) is 23.2 Å². The molecule has 6 heteroatoms. The first-order valence-electron chi connectivity index (χ1n) is 5.87. The van der Waals surface area contributed by atoms with Gasteiger partial charge in [0.1, 0.15) is 5.82 Å². The van der Waals surface area contributed by atoms with Crippen LogP contribution in [0.15, 0.2) is 24.3 Å². The Labute approximate surface area is 127 Å². The topological polar surface area (TPSA) is 43.4 Å². The number of ether oxygens (including phenoxy) is 2. The van der Waals surface area contributed by atoms with Crippen LogP contribution < -0.4 is 14.8 Å². The highest BCUT2D eigenvalue weighted by atomic mass is 35.5. The lowest BCUT2D eigenvalue weighted by Gasteiger charge is -2.12. The first-order chi connectivity index (χ1) is 9.60. The first kappa shape index (κ1) is 14.8. The van der Waals surface area contributed by atoms with E-state index in [1.54, 1.807) is 33.4 Å². The van der Waals surface area contributed by atoms with Gasteiger partial charge in [0.2, 0.25) is 0 Å². The highest BCUT2D eigenvalue weighted by Crippen LogP contribution is 2.36. The molecule has 106 valence electrons. The standard InChI is InChI=1S/C14H14Cl2N2O2/c1-17-14-10(16)7-9(15)13(18-14)8-4-5-11(19-2)12(6-8)20-3/h4-7H,1-3H3,(H,17,18). The van der Waals surface area contributed by atoms with Gasteiger partial charge in [-0.15, -0.1) is 0 Å². The number of nitrogens with one attached hydrogen (secondary N) is 1. The Kier molecular flexibility index (Phi) is 4.57. The molecule has 0 amide bonds. The first-order valence-corrected chi connectivity index (χ1v) is 6.62. The second-order valence-corrected chi connectivity index (χ2v) is 4.78. The largest absolute Gasteiger partial charge is 0.493 e. The second-order valence-electron chi connectivity index (χ2n) is 3.97. The minimum absolute atomic E-state index is 0.473. The molecule has 1 heterocycles. The molecule has 1 aromatic carbocycles. The number of methoxy groups -OCH3 is 2. The highest BCUT2D eigenvalue weighted by molar-refractivity contribution is 6.37. The number of anilines is 1. The van der Waals surface area contributed by atoms with Crippen LogP contribution in [-0.4, -0.2) is 26.3 Å². The molecule has 0 aliphatic carbocycles. The van der Waals surface area contributed by atoms with Crippen LogP contribution in [0.4, 0.5) is 5.82 Å². The van der Waals surface area contributed by atoms with Crippen LogP contribution >= 0.6 is 23.2 Å². The predicted octanol–water partition coefficient (Wildman–Crippen LogP) is 4.11. The van der Waals surface area contributed by atoms with Crippen LogP contribution in [0.1, 0.15) is 0 Å². The second kappa shape index (κ2) is 6.20. The Morgan fingerprint density at radius 3 is 2.30 bits per heavy atom. The number of benzene rings is 1. The fraction of sp³-hybridized carbons (Fsp3) is 0.214. The number of nitrogens with zero attached hydrogens (tertiary/aromatic N) is 1. The van der Waals surface area contributed by atoms with E-state index in [1.165, 1.54) is 0 Å². The highest BCUT2D eigenvalue weighted by Gasteiger charge is 2.13. The molecule has 1 aromatic heterocycles. The molecule has 0 aliphatic rings. The zero-order chi connectivity index (χ0) is 14.7. The average Bonchev–Trinajstić information content (AvgIpc) is 2.46. The van der Waals surface area contributed by atoms with E-state index in [9.17, 15) is 0 Å². The third-order valence-electron chi connectivity index (χ3n) is 2.82. The lowest BCUT2D eigenvalue weighted by atomic mass is 10.1. The normalized spacial score (nSPS) is 10.2. The SMILES string of the molecule is CNc1nc(-c2ccc(OC)c(OC)c2)c(Cl)cc1Cl. The molecule has 0 unspecified atom stereocenters. The van der Waals surface area contributed by atoms with E-state index < -0.39 is 0 Å². The van der Waals surface area contributed by atoms with Crippen LogP contribution in [0.25, 0.3) is 11.3 Å². The fourth-order valence-corrected chi connectivity index (χ4v) is 2.39. The molecule has 0 saturated carbocycles. The molecule has 1 N–H and O–H groups in total. The maximum Gasteiger partial charge on any atom is 0.161 e. The molecule has 20 heavy (non-hydrogen) atoms. The van der Waals surface area contributed by atoms with Crippen LogP contribution in [0.3, 0.4) is 0 Å². The number of hydrogen-bond acceptors (Lipinski definition) is 4. The molecule has 0 radical (unpaired) electrons. The molecule has 2 rings (SSSR count). The summed E-state index contributed by atoms with van der Waals surface area (Å²) in [5.41, 5.74) is 1.45. The third-order valence-corrected chi connectivity index (χ3v) is 3.40. The smallest absolute Gasteiger partial charge is 0.161 e. The van der Waals surface area contributed by atoms with Crippen LogP contribution in [0.5, 0.6) is 11.5 Å². The maximum absolute atomic E-state index is 6.22. The van der Waals surface area contributed by atoms with Gasteiger partial charge in [0, 0.05) is 12.6 Å². The molecule has 0 aliphatic heterocycles. The number of halogens is 2. The maximum atomic E-state index is 6.22. The van der Waals surface area contributed by atoms with Gasteiger partial charge in [0.15, 0.2) is 11.5 Å². The van der Waals surface area contributed by atoms with Crippen molar-refractivity contribution < 1.29 is 9.47 Å². The summed E-state index contributed by atoms with van der Waals surface area (Å²) in [5.74, 6) is 1.83. The van der Waals surface area contributed by atoms with Gasteiger partial charge in [-0.2, -0.15) is 0 Å². The molecule has 0 spiro atoms. The van der Waals surface area contributed by atoms with E-state index in [1.807, 2.05) is 12.1 Å². The lowest BCUT2D eigenvalue weighted by molar-refractivity contribution is 0.355. The van der Waals surface area contributed by atoms with Crippen molar-refractivity contribution in [1.29, 1.82) is 0 Å². The van der Waals surface area contributed by atoms with E-state index in [-0.39, 0.29) is 0 Å². The van der Waals surface area contributed by atoms with Crippen molar-refractivity contribution in [1.82, 2.24) is 4.98 Å². The van der Waals surface area contributed by atoms with Crippen molar-refractivity contribution in [2.75, 3.05) is 26.6 Å². The molecule has 0 fully saturated rings. The summed E-state index contributed by atoms with van der Waals surface area (Å²) in [6.45, 7) is 0. The van der Waals surface area contributed by atoms with Crippen molar-refractivity contribution in [2.45, 2.75) is 0 Å². The minimum atomic E-state index is 0.473. The predicted molar refractivity (Wildman–Crippen MR) is 82.3 cm³/mol. The van der Waals surface area contributed by atoms with Crippen LogP contribution in [0, 0.1) is 0 Å². The Bertz CT molecular complexity index is 633. The molecule has 4 nitrogen and oxygen atoms in total. The Morgan fingerprint density at radius 2 is 1.70 bits per heavy atom. The van der Waals surface area contributed by atoms with E-state index in [2.05, 4.69) is 10.3 Å². The number of pyridine rings is 1. The van der Waals surface area contributed by atoms with Crippen molar-refractivity contribution >= 4 is 29.0 Å². The fourth-order valence-electron chi connectivity index (χ4n) is 1.83. The van der Waals surface area contributed by atoms with Gasteiger partial charge in [-0.25, -0.2) is 4.98 Å². The van der Waals surface area contributed by atoms with Crippen molar-refractivity contribution in [3.05, 3.63) is 34.3 Å². The number of hydrogen-bond donors (Lipinski definition) is 1. The summed E-state index contributed by atoms with van der Waals surface area (Å²) < 4.78 is 10.5. The average molecular weight is 313 g/mol. The number of aromatic nitrogens is 1. The summed E-state index contributed by atoms with van der Waals surface area (Å²) >= 11 is 12.3. The van der Waals surface area contributed by atoms with Crippen LogP contribution in [0.2, 0.25) is 10.0 Å². The van der Waals surface area contributed by atoms with Gasteiger partial charge in [-0.3, -0.25) is 0 Å². The van der Waals surface area contributed by atoms with E-state index in [0.29, 0.717) is 33.1 Å². The zero-order valence-electron chi connectivity index (χ0n) is 11.3. The van der Waals surface area contributed by atoms with Crippen molar-refractivity contribution in [3.63, 3.8) is 0 Å². The van der Waals surface area contributed by atoms with Gasteiger partial charge in [0.05, 0.1) is 30.0 Å². The Balaban J connectivity index is 2.56.